The van der Waals surface area contributed by atoms with Gasteiger partial charge in [0.1, 0.15) is 0 Å². The second-order valence-electron chi connectivity index (χ2n) is 4.96. The third-order valence-electron chi connectivity index (χ3n) is 3.63. The Morgan fingerprint density at radius 3 is 2.55 bits per heavy atom. The minimum Gasteiger partial charge on any atom is -0.394 e. The summed E-state index contributed by atoms with van der Waals surface area (Å²) in [6, 6.07) is 12.4. The summed E-state index contributed by atoms with van der Waals surface area (Å²) in [5, 5.41) is 13.0. The zero-order valence-electron chi connectivity index (χ0n) is 12.1. The number of aliphatic hydroxyl groups is 1. The average molecular weight is 270 g/mol. The number of aromatic nitrogens is 1. The molecule has 0 aliphatic rings. The summed E-state index contributed by atoms with van der Waals surface area (Å²) in [4.78, 5) is 4.28. The van der Waals surface area contributed by atoms with Crippen molar-refractivity contribution in [1.29, 1.82) is 0 Å². The molecule has 0 saturated carbocycles. The molecule has 1 heterocycles. The third-order valence-corrected chi connectivity index (χ3v) is 3.63. The smallest absolute Gasteiger partial charge is 0.0626 e. The van der Waals surface area contributed by atoms with Crippen molar-refractivity contribution in [3.05, 3.63) is 65.0 Å². The fraction of sp³-hybridized carbons (Fsp3) is 0.353. The van der Waals surface area contributed by atoms with Gasteiger partial charge >= 0.3 is 0 Å². The Hall–Kier alpha value is -1.71. The zero-order valence-corrected chi connectivity index (χ0v) is 12.1. The topological polar surface area (TPSA) is 45.1 Å². The number of nitrogens with one attached hydrogen (secondary N) is 1. The summed E-state index contributed by atoms with van der Waals surface area (Å²) >= 11 is 0. The second-order valence-corrected chi connectivity index (χ2v) is 4.96. The van der Waals surface area contributed by atoms with E-state index in [0.717, 1.165) is 23.2 Å². The summed E-state index contributed by atoms with van der Waals surface area (Å²) < 4.78 is 0. The first-order chi connectivity index (χ1) is 9.74. The van der Waals surface area contributed by atoms with Gasteiger partial charge in [-0.15, -0.1) is 0 Å². The fourth-order valence-corrected chi connectivity index (χ4v) is 2.21. The van der Waals surface area contributed by atoms with Crippen LogP contribution in [0.25, 0.3) is 0 Å². The van der Waals surface area contributed by atoms with Crippen LogP contribution in [0, 0.1) is 6.92 Å². The molecule has 0 aliphatic carbocycles. The number of rotatable bonds is 6. The molecule has 0 amide bonds. The molecule has 0 saturated heterocycles. The predicted molar refractivity (Wildman–Crippen MR) is 81.5 cm³/mol. The van der Waals surface area contributed by atoms with Gasteiger partial charge in [-0.25, -0.2) is 0 Å². The van der Waals surface area contributed by atoms with Crippen LogP contribution in [0.5, 0.6) is 0 Å². The molecule has 0 spiro atoms. The summed E-state index contributed by atoms with van der Waals surface area (Å²) in [6.07, 6.45) is 2.83. The van der Waals surface area contributed by atoms with Gasteiger partial charge in [0.15, 0.2) is 0 Å². The van der Waals surface area contributed by atoms with Crippen LogP contribution in [-0.2, 0) is 13.0 Å². The maximum Gasteiger partial charge on any atom is 0.0626 e. The van der Waals surface area contributed by atoms with Gasteiger partial charge in [-0.3, -0.25) is 4.98 Å². The van der Waals surface area contributed by atoms with Crippen molar-refractivity contribution in [3.8, 4) is 0 Å². The molecular formula is C17H22N2O. The minimum absolute atomic E-state index is 0.0412. The Morgan fingerprint density at radius 2 is 1.95 bits per heavy atom. The number of pyridine rings is 1. The maximum atomic E-state index is 9.58. The van der Waals surface area contributed by atoms with Crippen molar-refractivity contribution in [2.75, 3.05) is 6.61 Å². The summed E-state index contributed by atoms with van der Waals surface area (Å²) in [6.45, 7) is 4.94. The van der Waals surface area contributed by atoms with E-state index in [2.05, 4.69) is 47.6 Å². The quantitative estimate of drug-likeness (QED) is 0.848. The summed E-state index contributed by atoms with van der Waals surface area (Å²) in [5.74, 6) is 0. The van der Waals surface area contributed by atoms with Crippen LogP contribution in [-0.4, -0.2) is 16.7 Å². The summed E-state index contributed by atoms with van der Waals surface area (Å²) in [5.41, 5.74) is 4.62. The zero-order chi connectivity index (χ0) is 14.4. The molecule has 2 N–H and O–H groups in total. The second kappa shape index (κ2) is 7.17. The SMILES string of the molecule is CCc1ccc(C(CO)NCc2cccnc2C)cc1. The maximum absolute atomic E-state index is 9.58. The van der Waals surface area contributed by atoms with Gasteiger partial charge in [0, 0.05) is 18.4 Å². The van der Waals surface area contributed by atoms with E-state index < -0.39 is 0 Å². The Morgan fingerprint density at radius 1 is 1.20 bits per heavy atom. The molecule has 2 rings (SSSR count). The predicted octanol–water partition coefficient (Wildman–Crippen LogP) is 2.78. The lowest BCUT2D eigenvalue weighted by Crippen LogP contribution is -2.24. The Balaban J connectivity index is 2.03. The number of hydrogen-bond donors (Lipinski definition) is 2. The van der Waals surface area contributed by atoms with Gasteiger partial charge in [0.25, 0.3) is 0 Å². The van der Waals surface area contributed by atoms with Crippen molar-refractivity contribution >= 4 is 0 Å². The average Bonchev–Trinajstić information content (AvgIpc) is 2.50. The van der Waals surface area contributed by atoms with Gasteiger partial charge in [-0.1, -0.05) is 37.3 Å². The number of aliphatic hydroxyl groups excluding tert-OH is 1. The van der Waals surface area contributed by atoms with Crippen LogP contribution in [0.1, 0.15) is 35.3 Å². The minimum atomic E-state index is -0.0412. The molecule has 0 aliphatic heterocycles. The van der Waals surface area contributed by atoms with E-state index in [4.69, 9.17) is 0 Å². The van der Waals surface area contributed by atoms with Gasteiger partial charge in [0.2, 0.25) is 0 Å². The lowest BCUT2D eigenvalue weighted by molar-refractivity contribution is 0.243. The molecule has 0 radical (unpaired) electrons. The molecular weight excluding hydrogens is 248 g/mol. The highest BCUT2D eigenvalue weighted by atomic mass is 16.3. The first-order valence-electron chi connectivity index (χ1n) is 7.08. The number of nitrogens with zero attached hydrogens (tertiary/aromatic N) is 1. The van der Waals surface area contributed by atoms with Crippen LogP contribution in [0.2, 0.25) is 0 Å². The number of hydrogen-bond acceptors (Lipinski definition) is 3. The van der Waals surface area contributed by atoms with Crippen LogP contribution >= 0.6 is 0 Å². The van der Waals surface area contributed by atoms with E-state index in [1.54, 1.807) is 6.20 Å². The lowest BCUT2D eigenvalue weighted by Gasteiger charge is -2.17. The molecule has 1 aromatic heterocycles. The van der Waals surface area contributed by atoms with Crippen molar-refractivity contribution < 1.29 is 5.11 Å². The molecule has 106 valence electrons. The Bertz CT molecular complexity index is 537. The normalized spacial score (nSPS) is 12.3. The van der Waals surface area contributed by atoms with Crippen molar-refractivity contribution in [1.82, 2.24) is 10.3 Å². The number of aryl methyl sites for hydroxylation is 2. The molecule has 1 aromatic carbocycles. The molecule has 20 heavy (non-hydrogen) atoms. The lowest BCUT2D eigenvalue weighted by atomic mass is 10.0. The van der Waals surface area contributed by atoms with E-state index in [9.17, 15) is 5.11 Å². The third kappa shape index (κ3) is 3.65. The Labute approximate surface area is 120 Å². The van der Waals surface area contributed by atoms with Gasteiger partial charge in [0.05, 0.1) is 12.6 Å². The van der Waals surface area contributed by atoms with Gasteiger partial charge in [-0.05, 0) is 36.1 Å². The highest BCUT2D eigenvalue weighted by molar-refractivity contribution is 5.25. The monoisotopic (exact) mass is 270 g/mol. The van der Waals surface area contributed by atoms with Gasteiger partial charge in [-0.2, -0.15) is 0 Å². The van der Waals surface area contributed by atoms with Crippen LogP contribution in [0.3, 0.4) is 0 Å². The van der Waals surface area contributed by atoms with Crippen LogP contribution in [0.15, 0.2) is 42.6 Å². The standard InChI is InChI=1S/C17H22N2O/c1-3-14-6-8-15(9-7-14)17(12-20)19-11-16-5-4-10-18-13(16)2/h4-10,17,19-20H,3,11-12H2,1-2H3. The molecule has 0 fully saturated rings. The highest BCUT2D eigenvalue weighted by Crippen LogP contribution is 2.15. The number of benzene rings is 1. The first-order valence-corrected chi connectivity index (χ1v) is 7.08. The molecule has 2 aromatic rings. The van der Waals surface area contributed by atoms with Crippen molar-refractivity contribution in [3.63, 3.8) is 0 Å². The molecule has 1 unspecified atom stereocenters. The van der Waals surface area contributed by atoms with Gasteiger partial charge < -0.3 is 10.4 Å². The highest BCUT2D eigenvalue weighted by Gasteiger charge is 2.10. The molecule has 3 nitrogen and oxygen atoms in total. The van der Waals surface area contributed by atoms with E-state index in [-0.39, 0.29) is 12.6 Å². The van der Waals surface area contributed by atoms with E-state index in [1.165, 1.54) is 5.56 Å². The summed E-state index contributed by atoms with van der Waals surface area (Å²) in [7, 11) is 0. The van der Waals surface area contributed by atoms with Crippen LogP contribution < -0.4 is 5.32 Å². The van der Waals surface area contributed by atoms with Crippen molar-refractivity contribution in [2.24, 2.45) is 0 Å². The molecule has 0 bridgehead atoms. The molecule has 3 heteroatoms. The Kier molecular flexibility index (Phi) is 5.27. The van der Waals surface area contributed by atoms with E-state index in [1.807, 2.05) is 13.0 Å². The molecule has 1 atom stereocenters. The van der Waals surface area contributed by atoms with E-state index >= 15 is 0 Å². The van der Waals surface area contributed by atoms with Crippen LogP contribution in [0.4, 0.5) is 0 Å². The fourth-order valence-electron chi connectivity index (χ4n) is 2.21. The first kappa shape index (κ1) is 14.7. The van der Waals surface area contributed by atoms with E-state index in [0.29, 0.717) is 6.54 Å². The largest absolute Gasteiger partial charge is 0.394 e. The van der Waals surface area contributed by atoms with Crippen molar-refractivity contribution in [2.45, 2.75) is 32.9 Å².